The fourth-order valence-corrected chi connectivity index (χ4v) is 3.93. The quantitative estimate of drug-likeness (QED) is 0.659. The lowest BCUT2D eigenvalue weighted by atomic mass is 10.0. The van der Waals surface area contributed by atoms with Gasteiger partial charge in [-0.15, -0.1) is 0 Å². The normalized spacial score (nSPS) is 17.1. The van der Waals surface area contributed by atoms with Crippen LogP contribution in [-0.2, 0) is 22.7 Å². The fourth-order valence-electron chi connectivity index (χ4n) is 3.93. The van der Waals surface area contributed by atoms with Crippen molar-refractivity contribution in [1.82, 2.24) is 25.1 Å². The number of nitrogens with one attached hydrogen (secondary N) is 2. The van der Waals surface area contributed by atoms with Gasteiger partial charge in [-0.3, -0.25) is 14.5 Å². The maximum atomic E-state index is 12.8. The first-order chi connectivity index (χ1) is 14.5. The molecule has 2 N–H and O–H groups in total. The van der Waals surface area contributed by atoms with Crippen molar-refractivity contribution in [3.63, 3.8) is 0 Å². The number of aryl methyl sites for hydroxylation is 1. The van der Waals surface area contributed by atoms with Gasteiger partial charge < -0.3 is 15.2 Å². The number of carbonyl (C=O) groups excluding carboxylic acids is 2. The Hall–Kier alpha value is -3.19. The first-order valence-corrected chi connectivity index (χ1v) is 10.2. The summed E-state index contributed by atoms with van der Waals surface area (Å²) in [4.78, 5) is 36.5. The van der Waals surface area contributed by atoms with E-state index >= 15 is 0 Å². The number of carbonyl (C=O) groups is 2. The number of H-pyrrole nitrogens is 1. The Labute approximate surface area is 176 Å². The van der Waals surface area contributed by atoms with Gasteiger partial charge in [-0.05, 0) is 29.3 Å². The third-order valence-electron chi connectivity index (χ3n) is 5.58. The van der Waals surface area contributed by atoms with Crippen LogP contribution < -0.4 is 5.32 Å². The van der Waals surface area contributed by atoms with E-state index in [1.807, 2.05) is 19.1 Å². The Morgan fingerprint density at radius 2 is 2.03 bits per heavy atom. The molecule has 1 atom stereocenters. The molecule has 0 saturated carbocycles. The number of aromatic nitrogens is 2. The monoisotopic (exact) mass is 405 g/mol. The summed E-state index contributed by atoms with van der Waals surface area (Å²) in [5.74, 6) is 0.580. The molecule has 3 aromatic rings. The number of rotatable bonds is 6. The van der Waals surface area contributed by atoms with E-state index in [9.17, 15) is 9.59 Å². The van der Waals surface area contributed by atoms with E-state index in [1.165, 1.54) is 10.8 Å². The molecule has 2 amide bonds. The van der Waals surface area contributed by atoms with Crippen LogP contribution in [0.25, 0.3) is 10.8 Å². The minimum Gasteiger partial charge on any atom is -0.353 e. The van der Waals surface area contributed by atoms with Gasteiger partial charge in [0.05, 0.1) is 19.0 Å². The molecule has 30 heavy (non-hydrogen) atoms. The van der Waals surface area contributed by atoms with Gasteiger partial charge in [0, 0.05) is 38.6 Å². The third kappa shape index (κ3) is 4.52. The first-order valence-electron chi connectivity index (χ1n) is 10.2. The fraction of sp³-hybridized carbons (Fsp3) is 0.348. The molecule has 0 bridgehead atoms. The van der Waals surface area contributed by atoms with E-state index in [-0.39, 0.29) is 18.2 Å². The number of benzene rings is 2. The number of amides is 2. The van der Waals surface area contributed by atoms with Crippen LogP contribution in [0.5, 0.6) is 0 Å². The minimum atomic E-state index is -0.474. The second-order valence-corrected chi connectivity index (χ2v) is 7.93. The zero-order valence-electron chi connectivity index (χ0n) is 17.4. The van der Waals surface area contributed by atoms with Crippen molar-refractivity contribution in [1.29, 1.82) is 0 Å². The number of fused-ring (bicyclic) bond motifs is 1. The molecule has 1 aromatic heterocycles. The second kappa shape index (κ2) is 8.67. The summed E-state index contributed by atoms with van der Waals surface area (Å²) in [6.45, 7) is 4.27. The molecular weight excluding hydrogens is 378 g/mol. The highest BCUT2D eigenvalue weighted by Crippen LogP contribution is 2.20. The van der Waals surface area contributed by atoms with Gasteiger partial charge in [-0.25, -0.2) is 4.98 Å². The highest BCUT2D eigenvalue weighted by Gasteiger charge is 2.32. The smallest absolute Gasteiger partial charge is 0.237 e. The molecule has 0 radical (unpaired) electrons. The van der Waals surface area contributed by atoms with Crippen molar-refractivity contribution in [2.75, 3.05) is 20.1 Å². The van der Waals surface area contributed by atoms with Crippen LogP contribution in [-0.4, -0.2) is 57.8 Å². The van der Waals surface area contributed by atoms with Crippen LogP contribution in [0.4, 0.5) is 0 Å². The third-order valence-corrected chi connectivity index (χ3v) is 5.58. The van der Waals surface area contributed by atoms with Crippen LogP contribution in [0.1, 0.15) is 23.5 Å². The largest absolute Gasteiger partial charge is 0.353 e. The Kier molecular flexibility index (Phi) is 5.81. The summed E-state index contributed by atoms with van der Waals surface area (Å²) < 4.78 is 0. The Morgan fingerprint density at radius 1 is 1.23 bits per heavy atom. The second-order valence-electron chi connectivity index (χ2n) is 7.93. The highest BCUT2D eigenvalue weighted by atomic mass is 16.2. The lowest BCUT2D eigenvalue weighted by Crippen LogP contribution is -2.56. The number of hydrogen-bond acceptors (Lipinski definition) is 4. The van der Waals surface area contributed by atoms with Gasteiger partial charge in [0.15, 0.2) is 0 Å². The molecule has 0 aliphatic carbocycles. The van der Waals surface area contributed by atoms with Crippen molar-refractivity contribution in [3.05, 3.63) is 65.7 Å². The SMILES string of the molecule is Cc1cnc(CN(C)C(=O)CC2C(=O)NCCN2Cc2ccc3ccccc3c2)[nH]1. The van der Waals surface area contributed by atoms with Crippen LogP contribution >= 0.6 is 0 Å². The molecule has 1 aliphatic rings. The standard InChI is InChI=1S/C23H27N5O2/c1-16-13-25-21(26-16)15-27(2)22(29)12-20-23(30)24-9-10-28(20)14-17-7-8-18-5-3-4-6-19(18)11-17/h3-8,11,13,20H,9-10,12,14-15H2,1-2H3,(H,24,30)(H,25,26). The van der Waals surface area contributed by atoms with Crippen LogP contribution in [0, 0.1) is 6.92 Å². The zero-order chi connectivity index (χ0) is 21.1. The van der Waals surface area contributed by atoms with E-state index < -0.39 is 6.04 Å². The first kappa shape index (κ1) is 20.1. The average molecular weight is 406 g/mol. The van der Waals surface area contributed by atoms with E-state index in [4.69, 9.17) is 0 Å². The summed E-state index contributed by atoms with van der Waals surface area (Å²) >= 11 is 0. The molecule has 156 valence electrons. The molecule has 1 aliphatic heterocycles. The van der Waals surface area contributed by atoms with Crippen molar-refractivity contribution < 1.29 is 9.59 Å². The predicted octanol–water partition coefficient (Wildman–Crippen LogP) is 2.22. The number of imidazole rings is 1. The van der Waals surface area contributed by atoms with Crippen molar-refractivity contribution in [2.24, 2.45) is 0 Å². The zero-order valence-corrected chi connectivity index (χ0v) is 17.4. The van der Waals surface area contributed by atoms with Crippen LogP contribution in [0.2, 0.25) is 0 Å². The Bertz CT molecular complexity index is 1060. The maximum absolute atomic E-state index is 12.8. The average Bonchev–Trinajstić information content (AvgIpc) is 3.15. The minimum absolute atomic E-state index is 0.0744. The summed E-state index contributed by atoms with van der Waals surface area (Å²) in [5, 5.41) is 5.28. The van der Waals surface area contributed by atoms with Crippen LogP contribution in [0.15, 0.2) is 48.7 Å². The summed E-state index contributed by atoms with van der Waals surface area (Å²) in [6.07, 6.45) is 1.89. The number of piperazine rings is 1. The Morgan fingerprint density at radius 3 is 2.80 bits per heavy atom. The topological polar surface area (TPSA) is 81.3 Å². The highest BCUT2D eigenvalue weighted by molar-refractivity contribution is 5.89. The number of hydrogen-bond donors (Lipinski definition) is 2. The lowest BCUT2D eigenvalue weighted by Gasteiger charge is -2.35. The predicted molar refractivity (Wildman–Crippen MR) is 116 cm³/mol. The molecule has 0 spiro atoms. The van der Waals surface area contributed by atoms with Gasteiger partial charge in [0.25, 0.3) is 0 Å². The maximum Gasteiger partial charge on any atom is 0.237 e. The van der Waals surface area contributed by atoms with Gasteiger partial charge in [0.1, 0.15) is 5.82 Å². The molecular formula is C23H27N5O2. The van der Waals surface area contributed by atoms with Gasteiger partial charge in [-0.2, -0.15) is 0 Å². The molecule has 7 nitrogen and oxygen atoms in total. The lowest BCUT2D eigenvalue weighted by molar-refractivity contribution is -0.138. The van der Waals surface area contributed by atoms with Gasteiger partial charge >= 0.3 is 0 Å². The molecule has 2 aromatic carbocycles. The summed E-state index contributed by atoms with van der Waals surface area (Å²) in [7, 11) is 1.74. The molecule has 1 fully saturated rings. The van der Waals surface area contributed by atoms with E-state index in [2.05, 4.69) is 50.5 Å². The van der Waals surface area contributed by atoms with Crippen molar-refractivity contribution >= 4 is 22.6 Å². The number of nitrogens with zero attached hydrogens (tertiary/aromatic N) is 3. The summed E-state index contributed by atoms with van der Waals surface area (Å²) in [5.41, 5.74) is 2.10. The van der Waals surface area contributed by atoms with Gasteiger partial charge in [0.2, 0.25) is 11.8 Å². The van der Waals surface area contributed by atoms with Crippen molar-refractivity contribution in [2.45, 2.75) is 32.5 Å². The van der Waals surface area contributed by atoms with Gasteiger partial charge in [-0.1, -0.05) is 36.4 Å². The van der Waals surface area contributed by atoms with E-state index in [0.29, 0.717) is 19.6 Å². The van der Waals surface area contributed by atoms with Crippen LogP contribution in [0.3, 0.4) is 0 Å². The molecule has 4 rings (SSSR count). The van der Waals surface area contributed by atoms with E-state index in [1.54, 1.807) is 18.1 Å². The van der Waals surface area contributed by atoms with E-state index in [0.717, 1.165) is 23.6 Å². The molecule has 2 heterocycles. The summed E-state index contributed by atoms with van der Waals surface area (Å²) in [6, 6.07) is 14.1. The Balaban J connectivity index is 1.45. The number of aromatic amines is 1. The molecule has 7 heteroatoms. The molecule has 1 saturated heterocycles. The van der Waals surface area contributed by atoms with Crippen molar-refractivity contribution in [3.8, 4) is 0 Å². The molecule has 1 unspecified atom stereocenters.